The van der Waals surface area contributed by atoms with Crippen molar-refractivity contribution in [1.29, 1.82) is 0 Å². The third-order valence-corrected chi connectivity index (χ3v) is 2.59. The van der Waals surface area contributed by atoms with Crippen LogP contribution >= 0.6 is 11.6 Å². The van der Waals surface area contributed by atoms with Crippen LogP contribution in [0.15, 0.2) is 36.5 Å². The van der Waals surface area contributed by atoms with Crippen LogP contribution in [0.3, 0.4) is 0 Å². The van der Waals surface area contributed by atoms with Crippen LogP contribution in [-0.2, 0) is 0 Å². The minimum atomic E-state index is -0.390. The summed E-state index contributed by atoms with van der Waals surface area (Å²) in [6, 6.07) is 8.00. The molecule has 0 aliphatic heterocycles. The predicted octanol–water partition coefficient (Wildman–Crippen LogP) is 3.00. The monoisotopic (exact) mass is 262 g/mol. The first-order valence-corrected chi connectivity index (χ1v) is 5.66. The standard InChI is InChI=1S/C13H11ClN2O2/c1-8-2-3-11(17)10(6-8)13(18)16-9-4-5-15-12(14)7-9/h2-7,17H,1H3,(H,15,16,18). The SMILES string of the molecule is Cc1ccc(O)c(C(=O)Nc2ccnc(Cl)c2)c1. The average molecular weight is 263 g/mol. The van der Waals surface area contributed by atoms with Crippen LogP contribution in [0.2, 0.25) is 5.15 Å². The summed E-state index contributed by atoms with van der Waals surface area (Å²) in [7, 11) is 0. The van der Waals surface area contributed by atoms with Crippen LogP contribution < -0.4 is 5.32 Å². The van der Waals surface area contributed by atoms with Crippen molar-refractivity contribution in [3.05, 3.63) is 52.8 Å². The van der Waals surface area contributed by atoms with Gasteiger partial charge in [0.25, 0.3) is 5.91 Å². The summed E-state index contributed by atoms with van der Waals surface area (Å²) in [6.45, 7) is 1.85. The Hall–Kier alpha value is -2.07. The zero-order chi connectivity index (χ0) is 13.1. The van der Waals surface area contributed by atoms with Crippen molar-refractivity contribution in [2.45, 2.75) is 6.92 Å². The number of aromatic hydroxyl groups is 1. The summed E-state index contributed by atoms with van der Waals surface area (Å²) in [5, 5.41) is 12.6. The smallest absolute Gasteiger partial charge is 0.259 e. The molecule has 0 radical (unpaired) electrons. The summed E-state index contributed by atoms with van der Waals surface area (Å²) in [6.07, 6.45) is 1.49. The Kier molecular flexibility index (Phi) is 3.48. The number of carbonyl (C=O) groups is 1. The lowest BCUT2D eigenvalue weighted by Gasteiger charge is -2.07. The lowest BCUT2D eigenvalue weighted by atomic mass is 10.1. The molecule has 0 bridgehead atoms. The highest BCUT2D eigenvalue weighted by molar-refractivity contribution is 6.29. The number of pyridine rings is 1. The summed E-state index contributed by atoms with van der Waals surface area (Å²) in [5.74, 6) is -0.447. The summed E-state index contributed by atoms with van der Waals surface area (Å²) >= 11 is 5.72. The minimum Gasteiger partial charge on any atom is -0.507 e. The predicted molar refractivity (Wildman–Crippen MR) is 70.0 cm³/mol. The highest BCUT2D eigenvalue weighted by Gasteiger charge is 2.11. The molecule has 5 heteroatoms. The number of benzene rings is 1. The highest BCUT2D eigenvalue weighted by Crippen LogP contribution is 2.20. The van der Waals surface area contributed by atoms with Crippen molar-refractivity contribution in [3.8, 4) is 5.75 Å². The number of phenolic OH excluding ortho intramolecular Hbond substituents is 1. The van der Waals surface area contributed by atoms with E-state index in [9.17, 15) is 9.90 Å². The van der Waals surface area contributed by atoms with Gasteiger partial charge in [0, 0.05) is 11.9 Å². The first kappa shape index (κ1) is 12.4. The maximum absolute atomic E-state index is 12.0. The Bertz CT molecular complexity index is 599. The number of nitrogens with zero attached hydrogens (tertiary/aromatic N) is 1. The zero-order valence-corrected chi connectivity index (χ0v) is 10.4. The van der Waals surface area contributed by atoms with E-state index >= 15 is 0 Å². The van der Waals surface area contributed by atoms with Gasteiger partial charge in [-0.2, -0.15) is 0 Å². The fourth-order valence-electron chi connectivity index (χ4n) is 1.51. The molecule has 4 nitrogen and oxygen atoms in total. The molecule has 0 saturated carbocycles. The molecule has 0 fully saturated rings. The van der Waals surface area contributed by atoms with Gasteiger partial charge < -0.3 is 10.4 Å². The van der Waals surface area contributed by atoms with E-state index in [0.717, 1.165) is 5.56 Å². The van der Waals surface area contributed by atoms with Crippen molar-refractivity contribution in [2.24, 2.45) is 0 Å². The van der Waals surface area contributed by atoms with Gasteiger partial charge in [-0.05, 0) is 31.2 Å². The molecule has 1 aromatic heterocycles. The molecule has 0 aliphatic carbocycles. The molecule has 1 heterocycles. The highest BCUT2D eigenvalue weighted by atomic mass is 35.5. The van der Waals surface area contributed by atoms with Gasteiger partial charge in [0.05, 0.1) is 5.56 Å². The van der Waals surface area contributed by atoms with Crippen molar-refractivity contribution in [1.82, 2.24) is 4.98 Å². The number of rotatable bonds is 2. The number of aryl methyl sites for hydroxylation is 1. The van der Waals surface area contributed by atoms with Crippen LogP contribution in [0.1, 0.15) is 15.9 Å². The number of hydrogen-bond donors (Lipinski definition) is 2. The van der Waals surface area contributed by atoms with E-state index in [0.29, 0.717) is 10.8 Å². The lowest BCUT2D eigenvalue weighted by Crippen LogP contribution is -2.12. The summed E-state index contributed by atoms with van der Waals surface area (Å²) in [5.41, 5.74) is 1.65. The number of carbonyl (C=O) groups excluding carboxylic acids is 1. The lowest BCUT2D eigenvalue weighted by molar-refractivity contribution is 0.102. The molecule has 18 heavy (non-hydrogen) atoms. The third kappa shape index (κ3) is 2.78. The quantitative estimate of drug-likeness (QED) is 0.818. The van der Waals surface area contributed by atoms with Gasteiger partial charge in [-0.25, -0.2) is 4.98 Å². The Labute approximate surface area is 109 Å². The molecule has 2 N–H and O–H groups in total. The van der Waals surface area contributed by atoms with Gasteiger partial charge in [-0.3, -0.25) is 4.79 Å². The molecule has 2 rings (SSSR count). The Morgan fingerprint density at radius 3 is 2.83 bits per heavy atom. The van der Waals surface area contributed by atoms with E-state index < -0.39 is 5.91 Å². The average Bonchev–Trinajstić information content (AvgIpc) is 2.32. The van der Waals surface area contributed by atoms with Gasteiger partial charge >= 0.3 is 0 Å². The van der Waals surface area contributed by atoms with E-state index in [1.807, 2.05) is 6.92 Å². The topological polar surface area (TPSA) is 62.2 Å². The van der Waals surface area contributed by atoms with E-state index in [2.05, 4.69) is 10.3 Å². The molecule has 2 aromatic rings. The number of phenols is 1. The first-order valence-electron chi connectivity index (χ1n) is 5.29. The number of hydrogen-bond acceptors (Lipinski definition) is 3. The molecule has 1 aromatic carbocycles. The minimum absolute atomic E-state index is 0.0572. The first-order chi connectivity index (χ1) is 8.56. The van der Waals surface area contributed by atoms with Crippen molar-refractivity contribution in [2.75, 3.05) is 5.32 Å². The largest absolute Gasteiger partial charge is 0.507 e. The van der Waals surface area contributed by atoms with Crippen LogP contribution in [0, 0.1) is 6.92 Å². The van der Waals surface area contributed by atoms with Crippen molar-refractivity contribution < 1.29 is 9.90 Å². The molecule has 0 spiro atoms. The number of anilines is 1. The second-order valence-corrected chi connectivity index (χ2v) is 4.23. The number of amides is 1. The Balaban J connectivity index is 2.24. The number of halogens is 1. The number of aromatic nitrogens is 1. The second-order valence-electron chi connectivity index (χ2n) is 3.84. The Morgan fingerprint density at radius 1 is 1.33 bits per heavy atom. The third-order valence-electron chi connectivity index (χ3n) is 2.38. The fraction of sp³-hybridized carbons (Fsp3) is 0.0769. The molecular weight excluding hydrogens is 252 g/mol. The normalized spacial score (nSPS) is 10.1. The number of nitrogens with one attached hydrogen (secondary N) is 1. The van der Waals surface area contributed by atoms with E-state index in [1.165, 1.54) is 18.3 Å². The van der Waals surface area contributed by atoms with Crippen LogP contribution in [0.4, 0.5) is 5.69 Å². The van der Waals surface area contributed by atoms with Gasteiger partial charge in [-0.1, -0.05) is 23.2 Å². The molecule has 92 valence electrons. The van der Waals surface area contributed by atoms with Crippen LogP contribution in [0.5, 0.6) is 5.75 Å². The van der Waals surface area contributed by atoms with Crippen molar-refractivity contribution in [3.63, 3.8) is 0 Å². The fourth-order valence-corrected chi connectivity index (χ4v) is 1.68. The van der Waals surface area contributed by atoms with Crippen LogP contribution in [0.25, 0.3) is 0 Å². The zero-order valence-electron chi connectivity index (χ0n) is 9.64. The maximum atomic E-state index is 12.0. The molecule has 0 atom stereocenters. The summed E-state index contributed by atoms with van der Waals surface area (Å²) < 4.78 is 0. The molecule has 0 saturated heterocycles. The van der Waals surface area contributed by atoms with E-state index in [4.69, 9.17) is 11.6 Å². The Morgan fingerprint density at radius 2 is 2.11 bits per heavy atom. The van der Waals surface area contributed by atoms with E-state index in [1.54, 1.807) is 18.2 Å². The van der Waals surface area contributed by atoms with Crippen molar-refractivity contribution >= 4 is 23.2 Å². The molecule has 0 unspecified atom stereocenters. The molecular formula is C13H11ClN2O2. The maximum Gasteiger partial charge on any atom is 0.259 e. The van der Waals surface area contributed by atoms with Crippen LogP contribution in [-0.4, -0.2) is 16.0 Å². The van der Waals surface area contributed by atoms with Gasteiger partial charge in [0.2, 0.25) is 0 Å². The summed E-state index contributed by atoms with van der Waals surface area (Å²) in [4.78, 5) is 15.8. The van der Waals surface area contributed by atoms with Gasteiger partial charge in [0.1, 0.15) is 10.9 Å². The molecule has 1 amide bonds. The second kappa shape index (κ2) is 5.06. The van der Waals surface area contributed by atoms with Gasteiger partial charge in [-0.15, -0.1) is 0 Å². The molecule has 0 aliphatic rings. The van der Waals surface area contributed by atoms with E-state index in [-0.39, 0.29) is 11.3 Å². The van der Waals surface area contributed by atoms with Gasteiger partial charge in [0.15, 0.2) is 0 Å².